The first-order valence-corrected chi connectivity index (χ1v) is 16.4. The predicted molar refractivity (Wildman–Crippen MR) is 183 cm³/mol. The molecule has 5 atom stereocenters. The van der Waals surface area contributed by atoms with E-state index in [0.29, 0.717) is 0 Å². The van der Waals surface area contributed by atoms with Gasteiger partial charge >= 0.3 is 12.1 Å². The van der Waals surface area contributed by atoms with Gasteiger partial charge in [-0.05, 0) is 63.1 Å². The third-order valence-corrected chi connectivity index (χ3v) is 7.04. The summed E-state index contributed by atoms with van der Waals surface area (Å²) in [6.07, 6.45) is -7.50. The van der Waals surface area contributed by atoms with Crippen molar-refractivity contribution in [2.75, 3.05) is 10.6 Å². The normalized spacial score (nSPS) is 20.2. The number of benzene rings is 2. The molecule has 278 valence electrons. The Bertz CT molecular complexity index is 1410. The van der Waals surface area contributed by atoms with Gasteiger partial charge in [-0.15, -0.1) is 0 Å². The molecule has 0 saturated carbocycles. The van der Waals surface area contributed by atoms with E-state index < -0.39 is 42.8 Å². The zero-order valence-electron chi connectivity index (χ0n) is 29.7. The van der Waals surface area contributed by atoms with Gasteiger partial charge in [0.05, 0.1) is 18.4 Å². The molecule has 2 aromatic rings. The van der Waals surface area contributed by atoms with Crippen LogP contribution in [-0.2, 0) is 41.8 Å². The van der Waals surface area contributed by atoms with E-state index in [-0.39, 0.29) is 60.4 Å². The summed E-state index contributed by atoms with van der Waals surface area (Å²) in [5.74, 6) is -3.77. The van der Waals surface area contributed by atoms with Crippen molar-refractivity contribution in [1.82, 2.24) is 5.32 Å². The van der Waals surface area contributed by atoms with Crippen LogP contribution in [0.5, 0.6) is 5.75 Å². The van der Waals surface area contributed by atoms with E-state index in [4.69, 9.17) is 18.9 Å². The third-order valence-electron chi connectivity index (χ3n) is 7.04. The van der Waals surface area contributed by atoms with Crippen LogP contribution in [-0.4, -0.2) is 81.2 Å². The first-order valence-electron chi connectivity index (χ1n) is 16.4. The summed E-state index contributed by atoms with van der Waals surface area (Å²) in [5, 5.41) is 47.1. The number of anilines is 2. The highest BCUT2D eigenvalue weighted by molar-refractivity contribution is 5.93. The number of carbonyl (C=O) groups excluding carboxylic acids is 3. The Kier molecular flexibility index (Phi) is 16.6. The first-order chi connectivity index (χ1) is 23.4. The highest BCUT2D eigenvalue weighted by Gasteiger charge is 2.49. The van der Waals surface area contributed by atoms with E-state index >= 15 is 0 Å². The van der Waals surface area contributed by atoms with Gasteiger partial charge in [0, 0.05) is 23.6 Å². The van der Waals surface area contributed by atoms with Gasteiger partial charge in [0.2, 0.25) is 18.1 Å². The topological polar surface area (TPSA) is 222 Å². The van der Waals surface area contributed by atoms with Crippen LogP contribution in [0.3, 0.4) is 0 Å². The van der Waals surface area contributed by atoms with Gasteiger partial charge in [0.25, 0.3) is 0 Å². The summed E-state index contributed by atoms with van der Waals surface area (Å²) in [5.41, 5.74) is 2.59. The molecule has 0 aliphatic carbocycles. The van der Waals surface area contributed by atoms with E-state index in [0.717, 1.165) is 16.8 Å². The molecule has 7 N–H and O–H groups in total. The Morgan fingerprint density at radius 2 is 1.36 bits per heavy atom. The van der Waals surface area contributed by atoms with E-state index in [9.17, 15) is 39.6 Å². The fourth-order valence-electron chi connectivity index (χ4n) is 4.14. The number of hydrogen-bond acceptors (Lipinski definition) is 11. The van der Waals surface area contributed by atoms with Crippen molar-refractivity contribution in [1.29, 1.82) is 0 Å². The molecule has 50 heavy (non-hydrogen) atoms. The van der Waals surface area contributed by atoms with Crippen molar-refractivity contribution >= 4 is 35.3 Å². The molecule has 0 aromatic heterocycles. The SMILES string of the molecule is CC(C)NC(=O)OCc1ccc(NC(=O)C(C)C)cc1.CC(C)OCc1ccc(OC2OC(O)C(O)C(O)C2C(=O)O)c(NC(=O)C(C)C)c1. The number of aliphatic hydroxyl groups is 3. The Morgan fingerprint density at radius 3 is 1.90 bits per heavy atom. The van der Waals surface area contributed by atoms with Crippen LogP contribution >= 0.6 is 0 Å². The maximum absolute atomic E-state index is 12.2. The molecule has 5 unspecified atom stereocenters. The van der Waals surface area contributed by atoms with Crippen LogP contribution in [0, 0.1) is 17.8 Å². The number of carbonyl (C=O) groups is 4. The van der Waals surface area contributed by atoms with Crippen LogP contribution < -0.4 is 20.7 Å². The Labute approximate surface area is 292 Å². The number of rotatable bonds is 13. The monoisotopic (exact) mass is 705 g/mol. The zero-order chi connectivity index (χ0) is 37.7. The summed E-state index contributed by atoms with van der Waals surface area (Å²) >= 11 is 0. The molecular formula is C35H51N3O12. The lowest BCUT2D eigenvalue weighted by Crippen LogP contribution is -2.58. The van der Waals surface area contributed by atoms with Gasteiger partial charge in [0.1, 0.15) is 30.5 Å². The van der Waals surface area contributed by atoms with Gasteiger partial charge in [-0.3, -0.25) is 14.4 Å². The van der Waals surface area contributed by atoms with E-state index in [1.807, 2.05) is 53.7 Å². The van der Waals surface area contributed by atoms with Crippen molar-refractivity contribution in [3.05, 3.63) is 53.6 Å². The molecule has 1 aliphatic rings. The molecule has 15 nitrogen and oxygen atoms in total. The largest absolute Gasteiger partial charge is 0.481 e. The maximum atomic E-state index is 12.2. The lowest BCUT2D eigenvalue weighted by molar-refractivity contribution is -0.306. The fraction of sp³-hybridized carbons (Fsp3) is 0.543. The number of carboxylic acids is 1. The molecule has 3 amide bonds. The minimum Gasteiger partial charge on any atom is -0.481 e. The van der Waals surface area contributed by atoms with Crippen LogP contribution in [0.1, 0.15) is 66.5 Å². The van der Waals surface area contributed by atoms with Crippen LogP contribution in [0.15, 0.2) is 42.5 Å². The lowest BCUT2D eigenvalue weighted by atomic mass is 9.94. The lowest BCUT2D eigenvalue weighted by Gasteiger charge is -2.38. The van der Waals surface area contributed by atoms with Crippen molar-refractivity contribution in [3.8, 4) is 5.75 Å². The number of aliphatic hydroxyl groups excluding tert-OH is 3. The van der Waals surface area contributed by atoms with Crippen molar-refractivity contribution in [3.63, 3.8) is 0 Å². The minimum absolute atomic E-state index is 0.00371. The molecule has 3 rings (SSSR count). The second-order valence-electron chi connectivity index (χ2n) is 12.9. The second kappa shape index (κ2) is 19.8. The molecule has 0 radical (unpaired) electrons. The first kappa shape index (κ1) is 41.9. The van der Waals surface area contributed by atoms with Gasteiger partial charge in [-0.2, -0.15) is 0 Å². The van der Waals surface area contributed by atoms with Gasteiger partial charge < -0.3 is 55.3 Å². The number of ether oxygens (including phenoxy) is 4. The molecule has 15 heteroatoms. The zero-order valence-corrected chi connectivity index (χ0v) is 29.7. The van der Waals surface area contributed by atoms with Crippen molar-refractivity contribution in [2.45, 2.75) is 106 Å². The molecule has 1 saturated heterocycles. The number of amides is 3. The smallest absolute Gasteiger partial charge is 0.407 e. The molecule has 1 fully saturated rings. The standard InChI is InChI=1S/C20H29NO9.C15H22N2O3/c1-9(2)17(24)21-12-7-11(8-28-10(3)4)5-6-13(12)29-20-14(18(25)26)15(22)16(23)19(27)30-20;1-10(2)14(18)17-13-7-5-12(6-8-13)9-20-15(19)16-11(3)4/h5-7,9-10,14-16,19-20,22-23,27H,8H2,1-4H3,(H,21,24)(H,25,26);5-8,10-11H,9H2,1-4H3,(H,16,19)(H,17,18). The van der Waals surface area contributed by atoms with Crippen molar-refractivity contribution in [2.24, 2.45) is 17.8 Å². The highest BCUT2D eigenvalue weighted by atomic mass is 16.7. The average molecular weight is 706 g/mol. The van der Waals surface area contributed by atoms with E-state index in [1.54, 1.807) is 38.1 Å². The predicted octanol–water partition coefficient (Wildman–Crippen LogP) is 3.60. The third kappa shape index (κ3) is 13.6. The average Bonchev–Trinajstić information content (AvgIpc) is 3.03. The van der Waals surface area contributed by atoms with Crippen LogP contribution in [0.25, 0.3) is 0 Å². The van der Waals surface area contributed by atoms with E-state index in [2.05, 4.69) is 16.0 Å². The molecule has 2 aromatic carbocycles. The number of aliphatic carboxylic acids is 1. The summed E-state index contributed by atoms with van der Waals surface area (Å²) < 4.78 is 21.3. The summed E-state index contributed by atoms with van der Waals surface area (Å²) in [7, 11) is 0. The fourth-order valence-corrected chi connectivity index (χ4v) is 4.14. The summed E-state index contributed by atoms with van der Waals surface area (Å²) in [6.45, 7) is 15.1. The minimum atomic E-state index is -1.84. The molecule has 1 heterocycles. The number of carboxylic acid groups (broad SMARTS) is 1. The van der Waals surface area contributed by atoms with E-state index in [1.165, 1.54) is 6.07 Å². The molecule has 0 spiro atoms. The number of alkyl carbamates (subject to hydrolysis) is 1. The summed E-state index contributed by atoms with van der Waals surface area (Å²) in [6, 6.07) is 12.1. The number of nitrogens with one attached hydrogen (secondary N) is 3. The Morgan fingerprint density at radius 1 is 0.780 bits per heavy atom. The van der Waals surface area contributed by atoms with Crippen molar-refractivity contribution < 1.29 is 58.6 Å². The van der Waals surface area contributed by atoms with Crippen LogP contribution in [0.2, 0.25) is 0 Å². The maximum Gasteiger partial charge on any atom is 0.407 e. The Balaban J connectivity index is 0.000000377. The molecule has 0 bridgehead atoms. The van der Waals surface area contributed by atoms with Gasteiger partial charge in [-0.1, -0.05) is 45.9 Å². The summed E-state index contributed by atoms with van der Waals surface area (Å²) in [4.78, 5) is 46.6. The second-order valence-corrected chi connectivity index (χ2v) is 12.9. The number of hydrogen-bond donors (Lipinski definition) is 7. The van der Waals surface area contributed by atoms with Crippen LogP contribution in [0.4, 0.5) is 16.2 Å². The molecule has 1 aliphatic heterocycles. The highest BCUT2D eigenvalue weighted by Crippen LogP contribution is 2.33. The molecular weight excluding hydrogens is 654 g/mol. The Hall–Kier alpha value is -4.28. The van der Waals surface area contributed by atoms with Gasteiger partial charge in [-0.25, -0.2) is 4.79 Å². The van der Waals surface area contributed by atoms with Gasteiger partial charge in [0.15, 0.2) is 6.29 Å². The quantitative estimate of drug-likeness (QED) is 0.159.